The van der Waals surface area contributed by atoms with Crippen LogP contribution in [0, 0.1) is 11.8 Å². The van der Waals surface area contributed by atoms with Crippen LogP contribution in [0.1, 0.15) is 25.7 Å². The monoisotopic (exact) mass is 464 g/mol. The highest BCUT2D eigenvalue weighted by molar-refractivity contribution is 5.83. The number of carboxylic acids is 1. The molecule has 1 heterocycles. The molecule has 0 unspecified atom stereocenters. The summed E-state index contributed by atoms with van der Waals surface area (Å²) in [6.45, 7) is 0.316. The summed E-state index contributed by atoms with van der Waals surface area (Å²) in [5, 5.41) is 14.5. The number of ether oxygens (including phenoxy) is 2. The number of amides is 1. The molecule has 178 valence electrons. The maximum absolute atomic E-state index is 12.5. The Hall–Kier alpha value is -3.81. The first-order valence-electron chi connectivity index (χ1n) is 11.3. The lowest BCUT2D eigenvalue weighted by atomic mass is 9.82. The summed E-state index contributed by atoms with van der Waals surface area (Å²) in [4.78, 5) is 35.6. The van der Waals surface area contributed by atoms with Gasteiger partial charge in [-0.3, -0.25) is 4.79 Å². The zero-order chi connectivity index (χ0) is 24.1. The first kappa shape index (κ1) is 23.4. The molecule has 1 aliphatic carbocycles. The van der Waals surface area contributed by atoms with E-state index < -0.39 is 11.6 Å². The molecule has 0 aliphatic heterocycles. The van der Waals surface area contributed by atoms with Crippen LogP contribution in [0.5, 0.6) is 11.5 Å². The lowest BCUT2D eigenvalue weighted by molar-refractivity contribution is -0.312. The highest BCUT2D eigenvalue weighted by Crippen LogP contribution is 2.28. The smallest absolute Gasteiger partial charge is 0.344 e. The van der Waals surface area contributed by atoms with Gasteiger partial charge in [-0.1, -0.05) is 12.1 Å². The Morgan fingerprint density at radius 1 is 1.03 bits per heavy atom. The Kier molecular flexibility index (Phi) is 7.15. The zero-order valence-electron chi connectivity index (χ0n) is 18.9. The maximum atomic E-state index is 12.5. The largest absolute Gasteiger partial charge is 0.550 e. The third kappa shape index (κ3) is 5.57. The molecule has 3 aromatic rings. The molecule has 34 heavy (non-hydrogen) atoms. The van der Waals surface area contributed by atoms with E-state index in [1.54, 1.807) is 55.6 Å². The number of benzene rings is 2. The van der Waals surface area contributed by atoms with Gasteiger partial charge in [-0.2, -0.15) is 0 Å². The average molecular weight is 464 g/mol. The minimum Gasteiger partial charge on any atom is -0.550 e. The van der Waals surface area contributed by atoms with Gasteiger partial charge in [-0.25, -0.2) is 4.79 Å². The Balaban J connectivity index is 1.33. The van der Waals surface area contributed by atoms with Crippen LogP contribution in [0.3, 0.4) is 0 Å². The Labute approximate surface area is 196 Å². The lowest BCUT2D eigenvalue weighted by Crippen LogP contribution is -2.37. The molecule has 1 amide bonds. The van der Waals surface area contributed by atoms with Crippen LogP contribution in [0.2, 0.25) is 0 Å². The quantitative estimate of drug-likeness (QED) is 0.509. The predicted molar refractivity (Wildman–Crippen MR) is 123 cm³/mol. The number of aliphatic carboxylic acids is 1. The molecule has 4 rings (SSSR count). The van der Waals surface area contributed by atoms with E-state index in [-0.39, 0.29) is 24.3 Å². The van der Waals surface area contributed by atoms with E-state index in [0.717, 1.165) is 23.8 Å². The fraction of sp³-hybridized carbons (Fsp3) is 0.346. The van der Waals surface area contributed by atoms with Crippen molar-refractivity contribution in [3.8, 4) is 22.6 Å². The number of carbonyl (C=O) groups is 2. The van der Waals surface area contributed by atoms with Crippen molar-refractivity contribution in [1.29, 1.82) is 0 Å². The SMILES string of the molecule is COc1ccc(-c2cc3ccc(OCC(=O)NCC4CCC(C(=O)[O-])CC4)cc3oc2=O)cc1. The van der Waals surface area contributed by atoms with Gasteiger partial charge in [0.25, 0.3) is 5.91 Å². The number of hydrogen-bond acceptors (Lipinski definition) is 7. The van der Waals surface area contributed by atoms with Crippen molar-refractivity contribution < 1.29 is 28.6 Å². The van der Waals surface area contributed by atoms with Gasteiger partial charge in [0.15, 0.2) is 6.61 Å². The molecule has 0 spiro atoms. The second-order valence-corrected chi connectivity index (χ2v) is 8.51. The first-order chi connectivity index (χ1) is 16.4. The van der Waals surface area contributed by atoms with Crippen molar-refractivity contribution in [2.45, 2.75) is 25.7 Å². The molecule has 0 radical (unpaired) electrons. The second kappa shape index (κ2) is 10.4. The number of nitrogens with one attached hydrogen (secondary N) is 1. The van der Waals surface area contributed by atoms with Crippen LogP contribution >= 0.6 is 0 Å². The highest BCUT2D eigenvalue weighted by atomic mass is 16.5. The van der Waals surface area contributed by atoms with E-state index in [0.29, 0.717) is 42.0 Å². The van der Waals surface area contributed by atoms with Crippen LogP contribution in [0.15, 0.2) is 57.7 Å². The maximum Gasteiger partial charge on any atom is 0.344 e. The van der Waals surface area contributed by atoms with Crippen molar-refractivity contribution in [1.82, 2.24) is 5.32 Å². The average Bonchev–Trinajstić information content (AvgIpc) is 2.86. The minimum atomic E-state index is -0.987. The molecular weight excluding hydrogens is 438 g/mol. The number of rotatable bonds is 8. The van der Waals surface area contributed by atoms with Crippen molar-refractivity contribution in [2.24, 2.45) is 11.8 Å². The summed E-state index contributed by atoms with van der Waals surface area (Å²) in [7, 11) is 1.58. The molecular formula is C26H26NO7-. The van der Waals surface area contributed by atoms with Gasteiger partial charge in [-0.15, -0.1) is 0 Å². The second-order valence-electron chi connectivity index (χ2n) is 8.51. The summed E-state index contributed by atoms with van der Waals surface area (Å²) in [6, 6.07) is 14.0. The molecule has 1 aliphatic rings. The van der Waals surface area contributed by atoms with E-state index in [1.165, 1.54) is 0 Å². The fourth-order valence-corrected chi connectivity index (χ4v) is 4.21. The standard InChI is InChI=1S/C26H27NO7/c1-32-20-9-6-17(7-10-20)22-12-19-8-11-21(13-23(19)34-26(22)31)33-15-24(28)27-14-16-2-4-18(5-3-16)25(29)30/h6-13,16,18H,2-5,14-15H2,1H3,(H,27,28)(H,29,30)/p-1. The van der Waals surface area contributed by atoms with Gasteiger partial charge < -0.3 is 29.1 Å². The minimum absolute atomic E-state index is 0.173. The van der Waals surface area contributed by atoms with E-state index in [1.807, 2.05) is 0 Å². The Bertz CT molecular complexity index is 1220. The fourth-order valence-electron chi connectivity index (χ4n) is 4.21. The van der Waals surface area contributed by atoms with Crippen LogP contribution in [0.4, 0.5) is 0 Å². The van der Waals surface area contributed by atoms with E-state index in [2.05, 4.69) is 5.32 Å². The van der Waals surface area contributed by atoms with Crippen molar-refractivity contribution in [3.63, 3.8) is 0 Å². The zero-order valence-corrected chi connectivity index (χ0v) is 18.9. The molecule has 1 saturated carbocycles. The van der Waals surface area contributed by atoms with Crippen molar-refractivity contribution in [3.05, 3.63) is 59.0 Å². The summed E-state index contributed by atoms with van der Waals surface area (Å²) in [5.74, 6) is -0.261. The number of carboxylic acid groups (broad SMARTS) is 1. The van der Waals surface area contributed by atoms with E-state index in [4.69, 9.17) is 13.9 Å². The molecule has 8 nitrogen and oxygen atoms in total. The van der Waals surface area contributed by atoms with Crippen LogP contribution < -0.4 is 25.5 Å². The molecule has 1 N–H and O–H groups in total. The van der Waals surface area contributed by atoms with Gasteiger partial charge in [0.2, 0.25) is 0 Å². The molecule has 0 atom stereocenters. The molecule has 0 bridgehead atoms. The number of hydrogen-bond donors (Lipinski definition) is 1. The number of fused-ring (bicyclic) bond motifs is 1. The Morgan fingerprint density at radius 2 is 1.74 bits per heavy atom. The van der Waals surface area contributed by atoms with Crippen molar-refractivity contribution in [2.75, 3.05) is 20.3 Å². The lowest BCUT2D eigenvalue weighted by Gasteiger charge is -2.29. The molecule has 8 heteroatoms. The number of carbonyl (C=O) groups excluding carboxylic acids is 2. The Morgan fingerprint density at radius 3 is 2.41 bits per heavy atom. The van der Waals surface area contributed by atoms with Gasteiger partial charge >= 0.3 is 5.63 Å². The third-order valence-corrected chi connectivity index (χ3v) is 6.25. The summed E-state index contributed by atoms with van der Waals surface area (Å²) < 4.78 is 16.2. The van der Waals surface area contributed by atoms with Crippen LogP contribution in [-0.2, 0) is 9.59 Å². The predicted octanol–water partition coefficient (Wildman–Crippen LogP) is 2.52. The molecule has 0 saturated heterocycles. The van der Waals surface area contributed by atoms with E-state index in [9.17, 15) is 19.5 Å². The third-order valence-electron chi connectivity index (χ3n) is 6.25. The van der Waals surface area contributed by atoms with Crippen LogP contribution in [0.25, 0.3) is 22.1 Å². The van der Waals surface area contributed by atoms with Gasteiger partial charge in [0.05, 0.1) is 12.7 Å². The molecule has 1 fully saturated rings. The summed E-state index contributed by atoms with van der Waals surface area (Å²) >= 11 is 0. The molecule has 1 aromatic heterocycles. The van der Waals surface area contributed by atoms with Gasteiger partial charge in [0.1, 0.15) is 17.1 Å². The first-order valence-corrected chi connectivity index (χ1v) is 11.3. The van der Waals surface area contributed by atoms with Crippen molar-refractivity contribution >= 4 is 22.8 Å². The topological polar surface area (TPSA) is 118 Å². The molecule has 2 aromatic carbocycles. The normalized spacial score (nSPS) is 17.8. The van der Waals surface area contributed by atoms with Gasteiger partial charge in [0, 0.05) is 24.0 Å². The van der Waals surface area contributed by atoms with E-state index >= 15 is 0 Å². The van der Waals surface area contributed by atoms with Crippen LogP contribution in [-0.4, -0.2) is 32.1 Å². The number of methoxy groups -OCH3 is 1. The summed E-state index contributed by atoms with van der Waals surface area (Å²) in [5.41, 5.74) is 1.06. The van der Waals surface area contributed by atoms with Gasteiger partial charge in [-0.05, 0) is 73.4 Å². The summed E-state index contributed by atoms with van der Waals surface area (Å²) in [6.07, 6.45) is 2.67. The highest BCUT2D eigenvalue weighted by Gasteiger charge is 2.22.